The molecule has 1 saturated carbocycles. The number of nitrogens with zero attached hydrogens (tertiary/aromatic N) is 2. The van der Waals surface area contributed by atoms with Crippen molar-refractivity contribution in [2.75, 3.05) is 0 Å². The highest BCUT2D eigenvalue weighted by molar-refractivity contribution is 9.10. The van der Waals surface area contributed by atoms with Gasteiger partial charge < -0.3 is 0 Å². The quantitative estimate of drug-likeness (QED) is 0.753. The highest BCUT2D eigenvalue weighted by atomic mass is 79.9. The molecule has 0 saturated heterocycles. The van der Waals surface area contributed by atoms with Crippen LogP contribution in [-0.4, -0.2) is 9.97 Å². The Labute approximate surface area is 86.9 Å². The summed E-state index contributed by atoms with van der Waals surface area (Å²) in [5.41, 5.74) is 1.20. The lowest BCUT2D eigenvalue weighted by Crippen LogP contribution is -2.07. The Morgan fingerprint density at radius 3 is 2.69 bits per heavy atom. The fraction of sp³-hybridized carbons (Fsp3) is 0.600. The molecule has 70 valence electrons. The Morgan fingerprint density at radius 2 is 2.00 bits per heavy atom. The molecule has 1 fully saturated rings. The zero-order chi connectivity index (χ0) is 9.10. The smallest absolute Gasteiger partial charge is 0.115 e. The van der Waals surface area contributed by atoms with Crippen LogP contribution in [0.3, 0.4) is 0 Å². The highest BCUT2D eigenvalue weighted by Crippen LogP contribution is 2.34. The van der Waals surface area contributed by atoms with Crippen molar-refractivity contribution in [3.05, 3.63) is 22.7 Å². The maximum absolute atomic E-state index is 4.34. The van der Waals surface area contributed by atoms with E-state index in [1.54, 1.807) is 6.33 Å². The fourth-order valence-corrected chi connectivity index (χ4v) is 2.54. The maximum Gasteiger partial charge on any atom is 0.115 e. The molecular formula is C10H13BrN2. The largest absolute Gasteiger partial charge is 0.244 e. The van der Waals surface area contributed by atoms with Crippen LogP contribution in [0.2, 0.25) is 0 Å². The summed E-state index contributed by atoms with van der Waals surface area (Å²) in [6.07, 6.45) is 10.2. The van der Waals surface area contributed by atoms with Crippen LogP contribution in [0.15, 0.2) is 17.0 Å². The van der Waals surface area contributed by atoms with Gasteiger partial charge >= 0.3 is 0 Å². The van der Waals surface area contributed by atoms with Crippen molar-refractivity contribution in [3.8, 4) is 0 Å². The topological polar surface area (TPSA) is 25.8 Å². The third-order valence-electron chi connectivity index (χ3n) is 2.69. The second kappa shape index (κ2) is 4.18. The standard InChI is InChI=1S/C10H13BrN2/c11-9-6-12-7-13-10(9)8-4-2-1-3-5-8/h6-8H,1-5H2. The third-order valence-corrected chi connectivity index (χ3v) is 3.30. The molecule has 0 radical (unpaired) electrons. The Bertz CT molecular complexity index is 282. The molecule has 1 aromatic rings. The molecule has 0 spiro atoms. The molecule has 0 bridgehead atoms. The van der Waals surface area contributed by atoms with Crippen LogP contribution in [0.5, 0.6) is 0 Å². The second-order valence-electron chi connectivity index (χ2n) is 3.59. The molecule has 2 rings (SSSR count). The number of hydrogen-bond donors (Lipinski definition) is 0. The van der Waals surface area contributed by atoms with Gasteiger partial charge in [-0.3, -0.25) is 0 Å². The van der Waals surface area contributed by atoms with Crippen molar-refractivity contribution in [2.24, 2.45) is 0 Å². The molecule has 3 heteroatoms. The molecule has 0 amide bonds. The van der Waals surface area contributed by atoms with Gasteiger partial charge in [-0.25, -0.2) is 9.97 Å². The number of rotatable bonds is 1. The first-order valence-electron chi connectivity index (χ1n) is 4.83. The Morgan fingerprint density at radius 1 is 1.23 bits per heavy atom. The molecule has 0 aliphatic heterocycles. The van der Waals surface area contributed by atoms with Gasteiger partial charge in [-0.2, -0.15) is 0 Å². The lowest BCUT2D eigenvalue weighted by Gasteiger charge is -2.21. The van der Waals surface area contributed by atoms with Crippen LogP contribution in [0.4, 0.5) is 0 Å². The minimum absolute atomic E-state index is 0.658. The second-order valence-corrected chi connectivity index (χ2v) is 4.45. The van der Waals surface area contributed by atoms with E-state index in [1.807, 2.05) is 6.20 Å². The van der Waals surface area contributed by atoms with E-state index in [-0.39, 0.29) is 0 Å². The SMILES string of the molecule is Brc1cncnc1C1CCCCC1. The van der Waals surface area contributed by atoms with E-state index < -0.39 is 0 Å². The average Bonchev–Trinajstić information content (AvgIpc) is 2.20. The van der Waals surface area contributed by atoms with Gasteiger partial charge in [-0.15, -0.1) is 0 Å². The normalized spacial score (nSPS) is 18.8. The minimum Gasteiger partial charge on any atom is -0.244 e. The predicted octanol–water partition coefficient (Wildman–Crippen LogP) is 3.29. The molecule has 1 aliphatic rings. The van der Waals surface area contributed by atoms with Gasteiger partial charge in [-0.1, -0.05) is 19.3 Å². The molecule has 1 aromatic heterocycles. The van der Waals surface area contributed by atoms with Gasteiger partial charge in [-0.05, 0) is 28.8 Å². The monoisotopic (exact) mass is 240 g/mol. The lowest BCUT2D eigenvalue weighted by molar-refractivity contribution is 0.435. The van der Waals surface area contributed by atoms with Crippen molar-refractivity contribution < 1.29 is 0 Å². The van der Waals surface area contributed by atoms with Crippen molar-refractivity contribution in [1.29, 1.82) is 0 Å². The molecule has 13 heavy (non-hydrogen) atoms. The first-order chi connectivity index (χ1) is 6.38. The summed E-state index contributed by atoms with van der Waals surface area (Å²) < 4.78 is 1.07. The zero-order valence-electron chi connectivity index (χ0n) is 7.54. The number of hydrogen-bond acceptors (Lipinski definition) is 2. The zero-order valence-corrected chi connectivity index (χ0v) is 9.13. The third kappa shape index (κ3) is 2.08. The Kier molecular flexibility index (Phi) is 2.94. The maximum atomic E-state index is 4.34. The summed E-state index contributed by atoms with van der Waals surface area (Å²) in [5, 5.41) is 0. The summed E-state index contributed by atoms with van der Waals surface area (Å²) in [6, 6.07) is 0. The summed E-state index contributed by atoms with van der Waals surface area (Å²) >= 11 is 3.51. The Balaban J connectivity index is 2.18. The van der Waals surface area contributed by atoms with Gasteiger partial charge in [0.1, 0.15) is 6.33 Å². The van der Waals surface area contributed by atoms with Crippen molar-refractivity contribution in [2.45, 2.75) is 38.0 Å². The predicted molar refractivity (Wildman–Crippen MR) is 55.6 cm³/mol. The molecule has 0 N–H and O–H groups in total. The summed E-state index contributed by atoms with van der Waals surface area (Å²) in [4.78, 5) is 8.33. The van der Waals surface area contributed by atoms with E-state index in [4.69, 9.17) is 0 Å². The molecule has 1 aliphatic carbocycles. The van der Waals surface area contributed by atoms with Gasteiger partial charge in [0.05, 0.1) is 10.2 Å². The van der Waals surface area contributed by atoms with Gasteiger partial charge in [0.2, 0.25) is 0 Å². The average molecular weight is 241 g/mol. The molecular weight excluding hydrogens is 228 g/mol. The summed E-state index contributed by atoms with van der Waals surface area (Å²) in [6.45, 7) is 0. The molecule has 0 atom stereocenters. The fourth-order valence-electron chi connectivity index (χ4n) is 2.00. The van der Waals surface area contributed by atoms with E-state index in [0.29, 0.717) is 5.92 Å². The van der Waals surface area contributed by atoms with Crippen molar-refractivity contribution in [3.63, 3.8) is 0 Å². The first kappa shape index (κ1) is 9.13. The van der Waals surface area contributed by atoms with Gasteiger partial charge in [0, 0.05) is 12.1 Å². The minimum atomic E-state index is 0.658. The van der Waals surface area contributed by atoms with E-state index >= 15 is 0 Å². The van der Waals surface area contributed by atoms with Crippen LogP contribution < -0.4 is 0 Å². The van der Waals surface area contributed by atoms with Crippen LogP contribution in [0.1, 0.15) is 43.7 Å². The van der Waals surface area contributed by atoms with Crippen LogP contribution in [-0.2, 0) is 0 Å². The van der Waals surface area contributed by atoms with Gasteiger partial charge in [0.15, 0.2) is 0 Å². The molecule has 2 nitrogen and oxygen atoms in total. The van der Waals surface area contributed by atoms with Crippen LogP contribution in [0.25, 0.3) is 0 Å². The summed E-state index contributed by atoms with van der Waals surface area (Å²) in [5.74, 6) is 0.658. The van der Waals surface area contributed by atoms with Crippen LogP contribution in [0, 0.1) is 0 Å². The Hall–Kier alpha value is -0.440. The lowest BCUT2D eigenvalue weighted by atomic mass is 9.87. The molecule has 1 heterocycles. The van der Waals surface area contributed by atoms with Gasteiger partial charge in [0.25, 0.3) is 0 Å². The number of halogens is 1. The van der Waals surface area contributed by atoms with E-state index in [9.17, 15) is 0 Å². The van der Waals surface area contributed by atoms with E-state index in [1.165, 1.54) is 37.8 Å². The van der Waals surface area contributed by atoms with E-state index in [2.05, 4.69) is 25.9 Å². The highest BCUT2D eigenvalue weighted by Gasteiger charge is 2.18. The van der Waals surface area contributed by atoms with Crippen molar-refractivity contribution >= 4 is 15.9 Å². The molecule has 0 aromatic carbocycles. The first-order valence-corrected chi connectivity index (χ1v) is 5.62. The van der Waals surface area contributed by atoms with Crippen molar-refractivity contribution in [1.82, 2.24) is 9.97 Å². The van der Waals surface area contributed by atoms with Crippen LogP contribution >= 0.6 is 15.9 Å². The number of aromatic nitrogens is 2. The van der Waals surface area contributed by atoms with E-state index in [0.717, 1.165) is 4.47 Å². The molecule has 0 unspecified atom stereocenters. The summed E-state index contributed by atoms with van der Waals surface area (Å²) in [7, 11) is 0.